The third-order valence-electron chi connectivity index (χ3n) is 6.02. The van der Waals surface area contributed by atoms with Gasteiger partial charge in [0.25, 0.3) is 0 Å². The molecule has 26 heavy (non-hydrogen) atoms. The van der Waals surface area contributed by atoms with E-state index in [0.29, 0.717) is 5.41 Å². The molecule has 2 fully saturated rings. The zero-order valence-electron chi connectivity index (χ0n) is 17.2. The lowest BCUT2D eigenvalue weighted by Crippen LogP contribution is -2.42. The van der Waals surface area contributed by atoms with Crippen LogP contribution in [0.2, 0.25) is 0 Å². The predicted octanol–water partition coefficient (Wildman–Crippen LogP) is 3.63. The highest BCUT2D eigenvalue weighted by molar-refractivity contribution is 14.0. The molecule has 1 heterocycles. The van der Waals surface area contributed by atoms with Gasteiger partial charge in [-0.1, -0.05) is 12.8 Å². The summed E-state index contributed by atoms with van der Waals surface area (Å²) in [6.45, 7) is 10.7. The maximum Gasteiger partial charge on any atom is 0.191 e. The van der Waals surface area contributed by atoms with Gasteiger partial charge >= 0.3 is 0 Å². The van der Waals surface area contributed by atoms with Crippen molar-refractivity contribution in [2.45, 2.75) is 71.3 Å². The van der Waals surface area contributed by atoms with Crippen molar-refractivity contribution < 1.29 is 4.74 Å². The molecule has 0 aromatic carbocycles. The minimum Gasteiger partial charge on any atom is -0.385 e. The molecule has 0 bridgehead atoms. The third-order valence-corrected chi connectivity index (χ3v) is 6.02. The number of methoxy groups -OCH3 is 1. The Morgan fingerprint density at radius 1 is 1.23 bits per heavy atom. The van der Waals surface area contributed by atoms with Gasteiger partial charge in [0.1, 0.15) is 0 Å². The summed E-state index contributed by atoms with van der Waals surface area (Å²) in [6, 6.07) is 0.759. The number of halogens is 1. The van der Waals surface area contributed by atoms with Crippen molar-refractivity contribution in [2.75, 3.05) is 46.4 Å². The van der Waals surface area contributed by atoms with Gasteiger partial charge in [0, 0.05) is 45.9 Å². The molecule has 6 heteroatoms. The van der Waals surface area contributed by atoms with E-state index in [1.54, 1.807) is 7.11 Å². The van der Waals surface area contributed by atoms with Gasteiger partial charge in [-0.2, -0.15) is 0 Å². The molecule has 5 nitrogen and oxygen atoms in total. The number of likely N-dealkylation sites (tertiary alicyclic amines) is 1. The van der Waals surface area contributed by atoms with Crippen LogP contribution >= 0.6 is 24.0 Å². The SMILES string of the molecule is CCNC(=NCC1(CCOC)CCC1)NCCCN1CCCCC1C.I. The van der Waals surface area contributed by atoms with Gasteiger partial charge in [-0.15, -0.1) is 24.0 Å². The third kappa shape index (κ3) is 7.89. The largest absolute Gasteiger partial charge is 0.385 e. The molecule has 1 unspecified atom stereocenters. The molecule has 2 N–H and O–H groups in total. The minimum absolute atomic E-state index is 0. The standard InChI is InChI=1S/C20H40N4O.HI/c1-4-21-19(23-17-20(10-7-11-20)12-16-25-3)22-13-8-15-24-14-6-5-9-18(24)2;/h18H,4-17H2,1-3H3,(H2,21,22,23);1H. The average Bonchev–Trinajstić information content (AvgIpc) is 2.58. The van der Waals surface area contributed by atoms with Gasteiger partial charge in [0.2, 0.25) is 0 Å². The maximum atomic E-state index is 5.29. The Morgan fingerprint density at radius 3 is 2.65 bits per heavy atom. The number of nitrogens with zero attached hydrogens (tertiary/aromatic N) is 2. The Morgan fingerprint density at radius 2 is 2.04 bits per heavy atom. The summed E-state index contributed by atoms with van der Waals surface area (Å²) >= 11 is 0. The van der Waals surface area contributed by atoms with Crippen LogP contribution in [0.4, 0.5) is 0 Å². The van der Waals surface area contributed by atoms with Crippen LogP contribution in [0.25, 0.3) is 0 Å². The molecular weight excluding hydrogens is 439 g/mol. The van der Waals surface area contributed by atoms with E-state index in [-0.39, 0.29) is 24.0 Å². The summed E-state index contributed by atoms with van der Waals surface area (Å²) in [6.07, 6.45) is 10.4. The molecule has 0 aromatic rings. The first-order chi connectivity index (χ1) is 12.2. The fourth-order valence-electron chi connectivity index (χ4n) is 4.05. The van der Waals surface area contributed by atoms with Crippen LogP contribution in [-0.4, -0.2) is 63.3 Å². The maximum absolute atomic E-state index is 5.29. The molecule has 1 aliphatic heterocycles. The molecule has 0 aromatic heterocycles. The normalized spacial score (nSPS) is 23.0. The van der Waals surface area contributed by atoms with Crippen molar-refractivity contribution in [3.05, 3.63) is 0 Å². The molecular formula is C20H41IN4O. The molecule has 1 saturated carbocycles. The average molecular weight is 480 g/mol. The Bertz CT molecular complexity index is 401. The number of nitrogens with one attached hydrogen (secondary N) is 2. The first-order valence-corrected chi connectivity index (χ1v) is 10.4. The van der Waals surface area contributed by atoms with E-state index < -0.39 is 0 Å². The Hall–Kier alpha value is -0.0800. The highest BCUT2D eigenvalue weighted by Gasteiger charge is 2.36. The predicted molar refractivity (Wildman–Crippen MR) is 122 cm³/mol. The lowest BCUT2D eigenvalue weighted by Gasteiger charge is -2.40. The summed E-state index contributed by atoms with van der Waals surface area (Å²) in [5.41, 5.74) is 0.390. The first-order valence-electron chi connectivity index (χ1n) is 10.4. The van der Waals surface area contributed by atoms with Crippen LogP contribution in [0.1, 0.15) is 65.2 Å². The van der Waals surface area contributed by atoms with Gasteiger partial charge in [0.15, 0.2) is 5.96 Å². The van der Waals surface area contributed by atoms with E-state index in [9.17, 15) is 0 Å². The van der Waals surface area contributed by atoms with Gasteiger partial charge in [-0.3, -0.25) is 4.99 Å². The van der Waals surface area contributed by atoms with E-state index >= 15 is 0 Å². The van der Waals surface area contributed by atoms with Crippen molar-refractivity contribution in [2.24, 2.45) is 10.4 Å². The number of hydrogen-bond donors (Lipinski definition) is 2. The van der Waals surface area contributed by atoms with Crippen LogP contribution in [-0.2, 0) is 4.74 Å². The van der Waals surface area contributed by atoms with Gasteiger partial charge in [-0.25, -0.2) is 0 Å². The van der Waals surface area contributed by atoms with E-state index in [0.717, 1.165) is 44.7 Å². The lowest BCUT2D eigenvalue weighted by atomic mass is 9.67. The molecule has 1 aliphatic carbocycles. The van der Waals surface area contributed by atoms with E-state index in [4.69, 9.17) is 9.73 Å². The Labute approximate surface area is 178 Å². The summed E-state index contributed by atoms with van der Waals surface area (Å²) in [4.78, 5) is 7.53. The van der Waals surface area contributed by atoms with Crippen molar-refractivity contribution in [3.8, 4) is 0 Å². The van der Waals surface area contributed by atoms with E-state index in [1.807, 2.05) is 0 Å². The Kier molecular flexibility index (Phi) is 12.1. The van der Waals surface area contributed by atoms with Gasteiger partial charge < -0.3 is 20.3 Å². The number of aliphatic imine (C=N–C) groups is 1. The summed E-state index contributed by atoms with van der Waals surface area (Å²) < 4.78 is 5.29. The van der Waals surface area contributed by atoms with Gasteiger partial charge in [-0.05, 0) is 64.3 Å². The highest BCUT2D eigenvalue weighted by Crippen LogP contribution is 2.44. The molecule has 1 atom stereocenters. The molecule has 154 valence electrons. The topological polar surface area (TPSA) is 48.9 Å². The number of guanidine groups is 1. The summed E-state index contributed by atoms with van der Waals surface area (Å²) in [7, 11) is 1.80. The molecule has 1 saturated heterocycles. The van der Waals surface area contributed by atoms with Crippen LogP contribution < -0.4 is 10.6 Å². The van der Waals surface area contributed by atoms with Crippen LogP contribution in [0, 0.1) is 5.41 Å². The van der Waals surface area contributed by atoms with Crippen molar-refractivity contribution in [3.63, 3.8) is 0 Å². The second kappa shape index (κ2) is 13.2. The van der Waals surface area contributed by atoms with E-state index in [1.165, 1.54) is 58.0 Å². The molecule has 2 rings (SSSR count). The van der Waals surface area contributed by atoms with Crippen LogP contribution in [0.5, 0.6) is 0 Å². The fraction of sp³-hybridized carbons (Fsp3) is 0.950. The number of piperidine rings is 1. The summed E-state index contributed by atoms with van der Waals surface area (Å²) in [5.74, 6) is 0.984. The smallest absolute Gasteiger partial charge is 0.191 e. The molecule has 0 amide bonds. The van der Waals surface area contributed by atoms with Crippen molar-refractivity contribution in [1.29, 1.82) is 0 Å². The minimum atomic E-state index is 0. The number of ether oxygens (including phenoxy) is 1. The second-order valence-electron chi connectivity index (χ2n) is 7.95. The van der Waals surface area contributed by atoms with Crippen LogP contribution in [0.3, 0.4) is 0 Å². The molecule has 0 spiro atoms. The second-order valence-corrected chi connectivity index (χ2v) is 7.95. The fourth-order valence-corrected chi connectivity index (χ4v) is 4.05. The quantitative estimate of drug-likeness (QED) is 0.217. The molecule has 0 radical (unpaired) electrons. The zero-order chi connectivity index (χ0) is 18.0. The number of hydrogen-bond acceptors (Lipinski definition) is 3. The van der Waals surface area contributed by atoms with Gasteiger partial charge in [0.05, 0.1) is 0 Å². The van der Waals surface area contributed by atoms with E-state index in [2.05, 4.69) is 29.4 Å². The zero-order valence-corrected chi connectivity index (χ0v) is 19.5. The lowest BCUT2D eigenvalue weighted by molar-refractivity contribution is 0.0778. The summed E-state index contributed by atoms with van der Waals surface area (Å²) in [5, 5.41) is 6.93. The number of rotatable bonds is 10. The Balaban J connectivity index is 0.00000338. The van der Waals surface area contributed by atoms with Crippen molar-refractivity contribution in [1.82, 2.24) is 15.5 Å². The van der Waals surface area contributed by atoms with Crippen molar-refractivity contribution >= 4 is 29.9 Å². The highest BCUT2D eigenvalue weighted by atomic mass is 127. The van der Waals surface area contributed by atoms with Crippen LogP contribution in [0.15, 0.2) is 4.99 Å². The molecule has 2 aliphatic rings. The first kappa shape index (κ1) is 24.0. The monoisotopic (exact) mass is 480 g/mol.